The van der Waals surface area contributed by atoms with Gasteiger partial charge in [0.2, 0.25) is 0 Å². The number of benzene rings is 2. The number of ether oxygens (including phenoxy) is 2. The summed E-state index contributed by atoms with van der Waals surface area (Å²) in [5, 5.41) is 35.6. The molecular formula is C26H28N2O8. The number of carbonyl (C=O) groups is 3. The molecule has 0 aliphatic carbocycles. The van der Waals surface area contributed by atoms with Crippen molar-refractivity contribution in [1.29, 1.82) is 0 Å². The summed E-state index contributed by atoms with van der Waals surface area (Å²) < 4.78 is 11.1. The smallest absolute Gasteiger partial charge is 0.251 e. The molecule has 3 rings (SSSR count). The molecule has 0 bridgehead atoms. The van der Waals surface area contributed by atoms with Crippen LogP contribution >= 0.6 is 0 Å². The second kappa shape index (κ2) is 11.8. The van der Waals surface area contributed by atoms with Gasteiger partial charge in [-0.25, -0.2) is 0 Å². The standard InChI is InChI=1S/C26H28N2O8/c1-27-25(33)17-8-14(9-18(11-17)26(34)28-2)4-5-15-10-16(6-7-20(15)35-3)24-23(32)22(31)19(12-29)21(13-30)36-24/h6-12,19,21-24,30-32H,13H2,1-3H3,(H,27,33)(H,28,34). The molecule has 0 spiro atoms. The van der Waals surface area contributed by atoms with E-state index in [1.54, 1.807) is 30.3 Å². The van der Waals surface area contributed by atoms with Crippen molar-refractivity contribution < 1.29 is 39.2 Å². The van der Waals surface area contributed by atoms with Crippen molar-refractivity contribution in [2.75, 3.05) is 27.8 Å². The Labute approximate surface area is 208 Å². The lowest BCUT2D eigenvalue weighted by atomic mass is 9.85. The molecule has 0 radical (unpaired) electrons. The van der Waals surface area contributed by atoms with Crippen molar-refractivity contribution in [2.24, 2.45) is 5.92 Å². The molecule has 0 saturated carbocycles. The van der Waals surface area contributed by atoms with Gasteiger partial charge < -0.3 is 40.2 Å². The molecule has 0 aromatic heterocycles. The van der Waals surface area contributed by atoms with Crippen LogP contribution in [-0.4, -0.2) is 79.5 Å². The maximum Gasteiger partial charge on any atom is 0.251 e. The van der Waals surface area contributed by atoms with E-state index in [1.807, 2.05) is 0 Å². The first-order valence-electron chi connectivity index (χ1n) is 11.1. The zero-order valence-corrected chi connectivity index (χ0v) is 20.0. The average molecular weight is 497 g/mol. The summed E-state index contributed by atoms with van der Waals surface area (Å²) in [6.07, 6.45) is -4.41. The van der Waals surface area contributed by atoms with E-state index in [0.29, 0.717) is 28.7 Å². The summed E-state index contributed by atoms with van der Waals surface area (Å²) in [6, 6.07) is 9.38. The van der Waals surface area contributed by atoms with Crippen LogP contribution in [0.2, 0.25) is 0 Å². The van der Waals surface area contributed by atoms with Gasteiger partial charge in [0, 0.05) is 30.8 Å². The first-order chi connectivity index (χ1) is 17.3. The number of rotatable bonds is 6. The zero-order valence-electron chi connectivity index (χ0n) is 20.0. The lowest BCUT2D eigenvalue weighted by Crippen LogP contribution is -2.52. The number of hydrogen-bond acceptors (Lipinski definition) is 8. The molecule has 1 fully saturated rings. The summed E-state index contributed by atoms with van der Waals surface area (Å²) in [6.45, 7) is -0.512. The molecule has 5 N–H and O–H groups in total. The summed E-state index contributed by atoms with van der Waals surface area (Å²) in [4.78, 5) is 35.6. The van der Waals surface area contributed by atoms with Gasteiger partial charge in [-0.3, -0.25) is 9.59 Å². The molecule has 190 valence electrons. The maximum absolute atomic E-state index is 12.2. The fraction of sp³-hybridized carbons (Fsp3) is 0.346. The number of hydrogen-bond donors (Lipinski definition) is 5. The average Bonchev–Trinajstić information content (AvgIpc) is 2.91. The summed E-state index contributed by atoms with van der Waals surface area (Å²) in [7, 11) is 4.42. The minimum absolute atomic E-state index is 0.260. The summed E-state index contributed by atoms with van der Waals surface area (Å²) in [5.74, 6) is 4.48. The molecule has 1 saturated heterocycles. The SMILES string of the molecule is CNC(=O)c1cc(C#Cc2cc(C3OC(CO)C(C=O)C(O)C3O)ccc2OC)cc(C(=O)NC)c1. The van der Waals surface area contributed by atoms with Gasteiger partial charge in [-0.1, -0.05) is 17.9 Å². The van der Waals surface area contributed by atoms with Crippen LogP contribution in [0, 0.1) is 17.8 Å². The highest BCUT2D eigenvalue weighted by Crippen LogP contribution is 2.36. The molecule has 5 unspecified atom stereocenters. The van der Waals surface area contributed by atoms with Crippen LogP contribution in [-0.2, 0) is 9.53 Å². The highest BCUT2D eigenvalue weighted by Gasteiger charge is 2.44. The fourth-order valence-corrected chi connectivity index (χ4v) is 3.99. The normalized spacial score (nSPS) is 23.1. The van der Waals surface area contributed by atoms with E-state index in [1.165, 1.54) is 27.3 Å². The fourth-order valence-electron chi connectivity index (χ4n) is 3.99. The van der Waals surface area contributed by atoms with Gasteiger partial charge in [-0.15, -0.1) is 0 Å². The van der Waals surface area contributed by atoms with Crippen molar-refractivity contribution >= 4 is 18.1 Å². The third-order valence-electron chi connectivity index (χ3n) is 5.95. The second-order valence-electron chi connectivity index (χ2n) is 8.14. The number of methoxy groups -OCH3 is 1. The highest BCUT2D eigenvalue weighted by atomic mass is 16.5. The number of amides is 2. The molecule has 2 aromatic rings. The van der Waals surface area contributed by atoms with Crippen molar-refractivity contribution in [1.82, 2.24) is 10.6 Å². The van der Waals surface area contributed by atoms with Crippen molar-refractivity contribution in [3.8, 4) is 17.6 Å². The van der Waals surface area contributed by atoms with Crippen LogP contribution in [0.15, 0.2) is 36.4 Å². The third kappa shape index (κ3) is 5.56. The molecular weight excluding hydrogens is 468 g/mol. The molecule has 36 heavy (non-hydrogen) atoms. The lowest BCUT2D eigenvalue weighted by Gasteiger charge is -2.40. The van der Waals surface area contributed by atoms with E-state index in [-0.39, 0.29) is 22.9 Å². The van der Waals surface area contributed by atoms with Crippen LogP contribution in [0.1, 0.15) is 43.5 Å². The van der Waals surface area contributed by atoms with Gasteiger partial charge in [-0.2, -0.15) is 0 Å². The Morgan fingerprint density at radius 2 is 1.67 bits per heavy atom. The first kappa shape index (κ1) is 26.8. The zero-order chi connectivity index (χ0) is 26.4. The first-order valence-corrected chi connectivity index (χ1v) is 11.1. The van der Waals surface area contributed by atoms with E-state index < -0.39 is 36.9 Å². The van der Waals surface area contributed by atoms with Crippen LogP contribution < -0.4 is 15.4 Å². The Balaban J connectivity index is 2.02. The maximum atomic E-state index is 12.2. The van der Waals surface area contributed by atoms with Crippen molar-refractivity contribution in [3.63, 3.8) is 0 Å². The van der Waals surface area contributed by atoms with Crippen LogP contribution in [0.25, 0.3) is 0 Å². The van der Waals surface area contributed by atoms with Crippen molar-refractivity contribution in [3.05, 3.63) is 64.2 Å². The topological polar surface area (TPSA) is 154 Å². The Morgan fingerprint density at radius 1 is 1.03 bits per heavy atom. The van der Waals surface area contributed by atoms with Gasteiger partial charge >= 0.3 is 0 Å². The van der Waals surface area contributed by atoms with Crippen LogP contribution in [0.4, 0.5) is 0 Å². The molecule has 10 nitrogen and oxygen atoms in total. The Hall–Kier alpha value is -3.75. The van der Waals surface area contributed by atoms with E-state index in [9.17, 15) is 29.7 Å². The van der Waals surface area contributed by atoms with E-state index in [0.717, 1.165) is 0 Å². The van der Waals surface area contributed by atoms with E-state index in [2.05, 4.69) is 22.5 Å². The minimum Gasteiger partial charge on any atom is -0.495 e. The minimum atomic E-state index is -1.43. The summed E-state index contributed by atoms with van der Waals surface area (Å²) in [5.41, 5.74) is 1.78. The predicted molar refractivity (Wildman–Crippen MR) is 128 cm³/mol. The number of aliphatic hydroxyl groups excluding tert-OH is 3. The molecule has 1 aliphatic heterocycles. The molecule has 1 heterocycles. The number of aldehydes is 1. The van der Waals surface area contributed by atoms with Gasteiger partial charge in [-0.05, 0) is 35.9 Å². The Kier molecular flexibility index (Phi) is 8.79. The van der Waals surface area contributed by atoms with Gasteiger partial charge in [0.15, 0.2) is 0 Å². The van der Waals surface area contributed by atoms with Gasteiger partial charge in [0.05, 0.1) is 37.4 Å². The molecule has 2 aromatic carbocycles. The third-order valence-corrected chi connectivity index (χ3v) is 5.95. The lowest BCUT2D eigenvalue weighted by molar-refractivity contribution is -0.206. The second-order valence-corrected chi connectivity index (χ2v) is 8.14. The Morgan fingerprint density at radius 3 is 2.19 bits per heavy atom. The predicted octanol–water partition coefficient (Wildman–Crippen LogP) is -0.217. The van der Waals surface area contributed by atoms with E-state index >= 15 is 0 Å². The van der Waals surface area contributed by atoms with Crippen molar-refractivity contribution in [2.45, 2.75) is 24.4 Å². The van der Waals surface area contributed by atoms with Crippen LogP contribution in [0.3, 0.4) is 0 Å². The quantitative estimate of drug-likeness (QED) is 0.272. The number of carbonyl (C=O) groups excluding carboxylic acids is 3. The molecule has 1 aliphatic rings. The molecule has 10 heteroatoms. The largest absolute Gasteiger partial charge is 0.495 e. The highest BCUT2D eigenvalue weighted by molar-refractivity contribution is 6.00. The monoisotopic (exact) mass is 496 g/mol. The molecule has 2 amide bonds. The van der Waals surface area contributed by atoms with Crippen LogP contribution in [0.5, 0.6) is 5.75 Å². The van der Waals surface area contributed by atoms with Gasteiger partial charge in [0.25, 0.3) is 11.8 Å². The van der Waals surface area contributed by atoms with Gasteiger partial charge in [0.1, 0.15) is 24.2 Å². The van der Waals surface area contributed by atoms with E-state index in [4.69, 9.17) is 9.47 Å². The number of aliphatic hydroxyl groups is 3. The summed E-state index contributed by atoms with van der Waals surface area (Å²) >= 11 is 0. The number of nitrogens with one attached hydrogen (secondary N) is 2. The molecule has 5 atom stereocenters. The Bertz CT molecular complexity index is 1170.